The minimum atomic E-state index is -0.317. The van der Waals surface area contributed by atoms with E-state index in [2.05, 4.69) is 4.98 Å². The smallest absolute Gasteiger partial charge is 0.356 e. The van der Waals surface area contributed by atoms with Gasteiger partial charge in [-0.1, -0.05) is 12.8 Å². The molecule has 2 rings (SSSR count). The van der Waals surface area contributed by atoms with Crippen LogP contribution in [0.4, 0.5) is 0 Å². The summed E-state index contributed by atoms with van der Waals surface area (Å²) >= 11 is 0. The molecule has 5 nitrogen and oxygen atoms in total. The predicted octanol–water partition coefficient (Wildman–Crippen LogP) is 1.50. The minimum Gasteiger partial charge on any atom is -0.461 e. The SMILES string of the molecule is CCOC(=O)c1cncn1[C@@H]1CCCC[C@H]1N. The second-order valence-electron chi connectivity index (χ2n) is 4.42. The molecule has 0 aliphatic heterocycles. The molecular weight excluding hydrogens is 218 g/mol. The summed E-state index contributed by atoms with van der Waals surface area (Å²) in [7, 11) is 0. The van der Waals surface area contributed by atoms with Crippen LogP contribution in [0.2, 0.25) is 0 Å². The third-order valence-electron chi connectivity index (χ3n) is 3.29. The number of esters is 1. The fourth-order valence-corrected chi connectivity index (χ4v) is 2.42. The van der Waals surface area contributed by atoms with Gasteiger partial charge in [0.2, 0.25) is 0 Å². The topological polar surface area (TPSA) is 70.1 Å². The molecule has 0 amide bonds. The summed E-state index contributed by atoms with van der Waals surface area (Å²) in [6.07, 6.45) is 7.57. The average molecular weight is 237 g/mol. The van der Waals surface area contributed by atoms with E-state index in [4.69, 9.17) is 10.5 Å². The van der Waals surface area contributed by atoms with Gasteiger partial charge in [0.25, 0.3) is 0 Å². The van der Waals surface area contributed by atoms with Crippen molar-refractivity contribution in [3.63, 3.8) is 0 Å². The first-order valence-corrected chi connectivity index (χ1v) is 6.18. The lowest BCUT2D eigenvalue weighted by atomic mass is 9.91. The van der Waals surface area contributed by atoms with Crippen LogP contribution in [0, 0.1) is 0 Å². The number of carbonyl (C=O) groups is 1. The Morgan fingerprint density at radius 3 is 3.06 bits per heavy atom. The zero-order valence-electron chi connectivity index (χ0n) is 10.1. The lowest BCUT2D eigenvalue weighted by Crippen LogP contribution is -2.36. The zero-order valence-corrected chi connectivity index (χ0v) is 10.1. The molecule has 1 saturated carbocycles. The summed E-state index contributed by atoms with van der Waals surface area (Å²) in [5.41, 5.74) is 6.62. The van der Waals surface area contributed by atoms with E-state index in [9.17, 15) is 4.79 Å². The van der Waals surface area contributed by atoms with Crippen LogP contribution < -0.4 is 5.73 Å². The molecule has 0 saturated heterocycles. The Morgan fingerprint density at radius 2 is 2.35 bits per heavy atom. The second kappa shape index (κ2) is 5.31. The fourth-order valence-electron chi connectivity index (χ4n) is 2.42. The predicted molar refractivity (Wildman–Crippen MR) is 63.7 cm³/mol. The molecule has 1 fully saturated rings. The lowest BCUT2D eigenvalue weighted by molar-refractivity contribution is 0.0509. The number of aromatic nitrogens is 2. The first-order chi connectivity index (χ1) is 8.24. The largest absolute Gasteiger partial charge is 0.461 e. The molecule has 0 bridgehead atoms. The Hall–Kier alpha value is -1.36. The van der Waals surface area contributed by atoms with Crippen molar-refractivity contribution in [3.8, 4) is 0 Å². The molecule has 2 atom stereocenters. The van der Waals surface area contributed by atoms with Crippen LogP contribution in [0.5, 0.6) is 0 Å². The van der Waals surface area contributed by atoms with E-state index >= 15 is 0 Å². The summed E-state index contributed by atoms with van der Waals surface area (Å²) in [6.45, 7) is 2.17. The van der Waals surface area contributed by atoms with Crippen molar-refractivity contribution in [1.29, 1.82) is 0 Å². The van der Waals surface area contributed by atoms with Gasteiger partial charge in [-0.15, -0.1) is 0 Å². The second-order valence-corrected chi connectivity index (χ2v) is 4.42. The van der Waals surface area contributed by atoms with E-state index in [-0.39, 0.29) is 18.1 Å². The highest BCUT2D eigenvalue weighted by Gasteiger charge is 2.26. The third-order valence-corrected chi connectivity index (χ3v) is 3.29. The van der Waals surface area contributed by atoms with E-state index in [0.29, 0.717) is 12.3 Å². The van der Waals surface area contributed by atoms with Crippen LogP contribution >= 0.6 is 0 Å². The highest BCUT2D eigenvalue weighted by Crippen LogP contribution is 2.28. The van der Waals surface area contributed by atoms with E-state index in [1.807, 2.05) is 4.57 Å². The van der Waals surface area contributed by atoms with Crippen molar-refractivity contribution in [3.05, 3.63) is 18.2 Å². The van der Waals surface area contributed by atoms with Crippen LogP contribution in [0.15, 0.2) is 12.5 Å². The van der Waals surface area contributed by atoms with Gasteiger partial charge >= 0.3 is 5.97 Å². The highest BCUT2D eigenvalue weighted by atomic mass is 16.5. The minimum absolute atomic E-state index is 0.103. The summed E-state index contributed by atoms with van der Waals surface area (Å²) in [6, 6.07) is 0.275. The van der Waals surface area contributed by atoms with E-state index < -0.39 is 0 Å². The number of hydrogen-bond acceptors (Lipinski definition) is 4. The third kappa shape index (κ3) is 2.49. The lowest BCUT2D eigenvalue weighted by Gasteiger charge is -2.30. The molecule has 2 N–H and O–H groups in total. The summed E-state index contributed by atoms with van der Waals surface area (Å²) in [4.78, 5) is 15.8. The molecule has 0 spiro atoms. The van der Waals surface area contributed by atoms with Crippen LogP contribution in [0.1, 0.15) is 49.1 Å². The maximum atomic E-state index is 11.8. The number of rotatable bonds is 3. The molecular formula is C12H19N3O2. The Bertz CT molecular complexity index is 389. The summed E-state index contributed by atoms with van der Waals surface area (Å²) in [5.74, 6) is -0.317. The number of hydrogen-bond donors (Lipinski definition) is 1. The first kappa shape index (κ1) is 12.1. The number of carbonyl (C=O) groups excluding carboxylic acids is 1. The van der Waals surface area contributed by atoms with Gasteiger partial charge in [-0.25, -0.2) is 9.78 Å². The number of nitrogens with two attached hydrogens (primary N) is 1. The van der Waals surface area contributed by atoms with Gasteiger partial charge in [-0.05, 0) is 19.8 Å². The van der Waals surface area contributed by atoms with E-state index in [0.717, 1.165) is 19.3 Å². The van der Waals surface area contributed by atoms with Crippen molar-refractivity contribution in [2.75, 3.05) is 6.61 Å². The normalized spacial score (nSPS) is 24.6. The van der Waals surface area contributed by atoms with Crippen LogP contribution in [0.3, 0.4) is 0 Å². The van der Waals surface area contributed by atoms with Crippen LogP contribution in [-0.2, 0) is 4.74 Å². The maximum Gasteiger partial charge on any atom is 0.356 e. The van der Waals surface area contributed by atoms with Gasteiger partial charge in [0.05, 0.1) is 25.2 Å². The molecule has 1 aliphatic carbocycles. The molecule has 0 unspecified atom stereocenters. The first-order valence-electron chi connectivity index (χ1n) is 6.18. The van der Waals surface area contributed by atoms with Crippen molar-refractivity contribution < 1.29 is 9.53 Å². The Kier molecular flexibility index (Phi) is 3.78. The number of nitrogens with zero attached hydrogens (tertiary/aromatic N) is 2. The van der Waals surface area contributed by atoms with Crippen molar-refractivity contribution in [2.24, 2.45) is 5.73 Å². The molecule has 17 heavy (non-hydrogen) atoms. The molecule has 1 heterocycles. The van der Waals surface area contributed by atoms with Crippen molar-refractivity contribution in [2.45, 2.75) is 44.7 Å². The Morgan fingerprint density at radius 1 is 1.59 bits per heavy atom. The van der Waals surface area contributed by atoms with Gasteiger partial charge in [0.15, 0.2) is 0 Å². The van der Waals surface area contributed by atoms with E-state index in [1.165, 1.54) is 6.42 Å². The fraction of sp³-hybridized carbons (Fsp3) is 0.667. The molecule has 1 aromatic heterocycles. The molecule has 0 aromatic carbocycles. The van der Waals surface area contributed by atoms with Gasteiger partial charge in [-0.2, -0.15) is 0 Å². The molecule has 1 aliphatic rings. The molecule has 0 radical (unpaired) electrons. The summed E-state index contributed by atoms with van der Waals surface area (Å²) in [5, 5.41) is 0. The maximum absolute atomic E-state index is 11.8. The van der Waals surface area contributed by atoms with Gasteiger partial charge < -0.3 is 15.0 Å². The average Bonchev–Trinajstić information content (AvgIpc) is 2.79. The van der Waals surface area contributed by atoms with Gasteiger partial charge in [-0.3, -0.25) is 0 Å². The van der Waals surface area contributed by atoms with Gasteiger partial charge in [0.1, 0.15) is 5.69 Å². The van der Waals surface area contributed by atoms with Gasteiger partial charge in [0, 0.05) is 6.04 Å². The van der Waals surface area contributed by atoms with Crippen molar-refractivity contribution in [1.82, 2.24) is 9.55 Å². The number of ether oxygens (including phenoxy) is 1. The quantitative estimate of drug-likeness (QED) is 0.809. The standard InChI is InChI=1S/C12H19N3O2/c1-2-17-12(16)11-7-14-8-15(11)10-6-4-3-5-9(10)13/h7-10H,2-6,13H2,1H3/t9-,10-/m1/s1. The molecule has 1 aromatic rings. The van der Waals surface area contributed by atoms with Crippen LogP contribution in [-0.4, -0.2) is 28.2 Å². The summed E-state index contributed by atoms with van der Waals surface area (Å²) < 4.78 is 6.89. The number of imidazole rings is 1. The van der Waals surface area contributed by atoms with Crippen molar-refractivity contribution >= 4 is 5.97 Å². The van der Waals surface area contributed by atoms with Crippen LogP contribution in [0.25, 0.3) is 0 Å². The molecule has 5 heteroatoms. The Balaban J connectivity index is 2.20. The van der Waals surface area contributed by atoms with E-state index in [1.54, 1.807) is 19.4 Å². The molecule has 94 valence electrons. The zero-order chi connectivity index (χ0) is 12.3. The Labute approximate surface area is 101 Å². The highest BCUT2D eigenvalue weighted by molar-refractivity contribution is 5.87. The monoisotopic (exact) mass is 237 g/mol.